The molecule has 2 aromatic heterocycles. The second kappa shape index (κ2) is 5.15. The number of carbonyl (C=O) groups is 1. The molecule has 3 heterocycles. The molecular formula is C12H13N5O2. The molecule has 0 spiro atoms. The van der Waals surface area contributed by atoms with Gasteiger partial charge in [0.1, 0.15) is 18.2 Å². The number of nitrogens with zero attached hydrogens (tertiary/aromatic N) is 4. The molecule has 1 unspecified atom stereocenters. The number of anilines is 1. The Morgan fingerprint density at radius 2 is 2.42 bits per heavy atom. The fourth-order valence-electron chi connectivity index (χ4n) is 1.94. The molecule has 1 fully saturated rings. The third-order valence-corrected chi connectivity index (χ3v) is 2.87. The Kier molecular flexibility index (Phi) is 3.20. The van der Waals surface area contributed by atoms with Crippen molar-refractivity contribution in [2.75, 3.05) is 11.9 Å². The summed E-state index contributed by atoms with van der Waals surface area (Å²) in [5.74, 6) is 0.881. The van der Waals surface area contributed by atoms with Gasteiger partial charge in [0.25, 0.3) is 5.91 Å². The Bertz CT molecular complexity index is 563. The lowest BCUT2D eigenvalue weighted by molar-refractivity contribution is -0.124. The Morgan fingerprint density at radius 3 is 3.16 bits per heavy atom. The summed E-state index contributed by atoms with van der Waals surface area (Å²) in [5.41, 5.74) is 0. The highest BCUT2D eigenvalue weighted by Gasteiger charge is 2.23. The summed E-state index contributed by atoms with van der Waals surface area (Å²) in [6, 6.07) is 3.46. The molecule has 0 saturated carbocycles. The highest BCUT2D eigenvalue weighted by atomic mass is 16.5. The second-order valence-corrected chi connectivity index (χ2v) is 4.20. The first-order valence-corrected chi connectivity index (χ1v) is 6.07. The van der Waals surface area contributed by atoms with Crippen LogP contribution in [0.5, 0.6) is 0 Å². The molecular weight excluding hydrogens is 246 g/mol. The van der Waals surface area contributed by atoms with Crippen LogP contribution in [0.4, 0.5) is 5.82 Å². The molecule has 2 aromatic rings. The number of hydrogen-bond donors (Lipinski definition) is 1. The molecule has 1 N–H and O–H groups in total. The maximum atomic E-state index is 11.9. The minimum atomic E-state index is -0.372. The largest absolute Gasteiger partial charge is 0.368 e. The lowest BCUT2D eigenvalue weighted by Crippen LogP contribution is -2.27. The van der Waals surface area contributed by atoms with E-state index in [1.165, 1.54) is 6.33 Å². The van der Waals surface area contributed by atoms with Crippen molar-refractivity contribution >= 4 is 11.7 Å². The van der Waals surface area contributed by atoms with Gasteiger partial charge in [-0.2, -0.15) is 5.10 Å². The van der Waals surface area contributed by atoms with E-state index in [-0.39, 0.29) is 12.0 Å². The van der Waals surface area contributed by atoms with Crippen molar-refractivity contribution < 1.29 is 9.53 Å². The predicted octanol–water partition coefficient (Wildman–Crippen LogP) is 0.780. The third kappa shape index (κ3) is 2.60. The van der Waals surface area contributed by atoms with Gasteiger partial charge >= 0.3 is 0 Å². The van der Waals surface area contributed by atoms with Crippen LogP contribution in [-0.2, 0) is 9.53 Å². The zero-order valence-electron chi connectivity index (χ0n) is 10.2. The van der Waals surface area contributed by atoms with Gasteiger partial charge in [-0.3, -0.25) is 4.79 Å². The lowest BCUT2D eigenvalue weighted by Gasteiger charge is -2.10. The SMILES string of the molecule is O=C(Nc1cc(-n2cccn2)ncn1)C1CCCO1. The van der Waals surface area contributed by atoms with Crippen LogP contribution in [0.3, 0.4) is 0 Å². The fraction of sp³-hybridized carbons (Fsp3) is 0.333. The molecule has 1 aliphatic heterocycles. The van der Waals surface area contributed by atoms with Crippen molar-refractivity contribution in [2.45, 2.75) is 18.9 Å². The molecule has 3 rings (SSSR count). The van der Waals surface area contributed by atoms with Crippen molar-refractivity contribution in [3.63, 3.8) is 0 Å². The van der Waals surface area contributed by atoms with Gasteiger partial charge < -0.3 is 10.1 Å². The zero-order valence-corrected chi connectivity index (χ0v) is 10.2. The smallest absolute Gasteiger partial charge is 0.254 e. The Morgan fingerprint density at radius 1 is 1.47 bits per heavy atom. The Hall–Kier alpha value is -2.28. The van der Waals surface area contributed by atoms with Gasteiger partial charge in [-0.15, -0.1) is 0 Å². The lowest BCUT2D eigenvalue weighted by atomic mass is 10.2. The molecule has 1 aliphatic rings. The van der Waals surface area contributed by atoms with E-state index in [1.54, 1.807) is 29.2 Å². The summed E-state index contributed by atoms with van der Waals surface area (Å²) in [6.45, 7) is 0.639. The van der Waals surface area contributed by atoms with Gasteiger partial charge in [-0.25, -0.2) is 14.6 Å². The van der Waals surface area contributed by atoms with Gasteiger partial charge in [0.15, 0.2) is 5.82 Å². The summed E-state index contributed by atoms with van der Waals surface area (Å²) < 4.78 is 6.92. The maximum Gasteiger partial charge on any atom is 0.254 e. The highest BCUT2D eigenvalue weighted by molar-refractivity contribution is 5.93. The Labute approximate surface area is 109 Å². The molecule has 0 aromatic carbocycles. The van der Waals surface area contributed by atoms with Gasteiger partial charge in [-0.05, 0) is 18.9 Å². The quantitative estimate of drug-likeness (QED) is 0.880. The average molecular weight is 259 g/mol. The summed E-state index contributed by atoms with van der Waals surface area (Å²) in [5, 5.41) is 6.80. The van der Waals surface area contributed by atoms with Crippen LogP contribution in [0.15, 0.2) is 30.9 Å². The maximum absolute atomic E-state index is 11.9. The van der Waals surface area contributed by atoms with Crippen LogP contribution < -0.4 is 5.32 Å². The van der Waals surface area contributed by atoms with Crippen LogP contribution in [0.25, 0.3) is 5.82 Å². The number of ether oxygens (including phenoxy) is 1. The van der Waals surface area contributed by atoms with Crippen molar-refractivity contribution in [3.8, 4) is 5.82 Å². The molecule has 0 aliphatic carbocycles. The van der Waals surface area contributed by atoms with Crippen molar-refractivity contribution in [3.05, 3.63) is 30.9 Å². The predicted molar refractivity (Wildman–Crippen MR) is 66.8 cm³/mol. The van der Waals surface area contributed by atoms with Crippen molar-refractivity contribution in [1.82, 2.24) is 19.7 Å². The van der Waals surface area contributed by atoms with Crippen molar-refractivity contribution in [1.29, 1.82) is 0 Å². The first-order chi connectivity index (χ1) is 9.33. The van der Waals surface area contributed by atoms with Gasteiger partial charge in [0.2, 0.25) is 0 Å². The summed E-state index contributed by atoms with van der Waals surface area (Å²) >= 11 is 0. The topological polar surface area (TPSA) is 81.9 Å². The number of nitrogens with one attached hydrogen (secondary N) is 1. The van der Waals surface area contributed by atoms with E-state index >= 15 is 0 Å². The summed E-state index contributed by atoms with van der Waals surface area (Å²) in [4.78, 5) is 20.0. The minimum absolute atomic E-state index is 0.164. The van der Waals surface area contributed by atoms with E-state index in [0.29, 0.717) is 18.2 Å². The average Bonchev–Trinajstić information content (AvgIpc) is 3.13. The molecule has 19 heavy (non-hydrogen) atoms. The molecule has 98 valence electrons. The third-order valence-electron chi connectivity index (χ3n) is 2.87. The van der Waals surface area contributed by atoms with E-state index in [2.05, 4.69) is 20.4 Å². The first-order valence-electron chi connectivity index (χ1n) is 6.07. The number of rotatable bonds is 3. The van der Waals surface area contributed by atoms with Crippen molar-refractivity contribution in [2.24, 2.45) is 0 Å². The summed E-state index contributed by atoms with van der Waals surface area (Å²) in [7, 11) is 0. The number of amides is 1. The van der Waals surface area contributed by atoms with Crippen LogP contribution in [0.2, 0.25) is 0 Å². The molecule has 1 amide bonds. The van der Waals surface area contributed by atoms with Gasteiger partial charge in [0, 0.05) is 25.1 Å². The van der Waals surface area contributed by atoms with E-state index < -0.39 is 0 Å². The fourth-order valence-corrected chi connectivity index (χ4v) is 1.94. The van der Waals surface area contributed by atoms with E-state index in [0.717, 1.165) is 12.8 Å². The van der Waals surface area contributed by atoms with E-state index in [9.17, 15) is 4.79 Å². The second-order valence-electron chi connectivity index (χ2n) is 4.20. The van der Waals surface area contributed by atoms with Crippen LogP contribution >= 0.6 is 0 Å². The zero-order chi connectivity index (χ0) is 13.1. The van der Waals surface area contributed by atoms with E-state index in [1.807, 2.05) is 0 Å². The normalized spacial score (nSPS) is 18.4. The molecule has 7 heteroatoms. The molecule has 7 nitrogen and oxygen atoms in total. The van der Waals surface area contributed by atoms with E-state index in [4.69, 9.17) is 4.74 Å². The van der Waals surface area contributed by atoms with Crippen LogP contribution in [0, 0.1) is 0 Å². The van der Waals surface area contributed by atoms with Gasteiger partial charge in [-0.1, -0.05) is 0 Å². The number of carbonyl (C=O) groups excluding carboxylic acids is 1. The van der Waals surface area contributed by atoms with Gasteiger partial charge in [0.05, 0.1) is 0 Å². The molecule has 0 bridgehead atoms. The van der Waals surface area contributed by atoms with Crippen LogP contribution in [-0.4, -0.2) is 38.4 Å². The highest BCUT2D eigenvalue weighted by Crippen LogP contribution is 2.14. The summed E-state index contributed by atoms with van der Waals surface area (Å²) in [6.07, 6.45) is 6.12. The van der Waals surface area contributed by atoms with Crippen LogP contribution in [0.1, 0.15) is 12.8 Å². The molecule has 1 saturated heterocycles. The number of aromatic nitrogens is 4. The standard InChI is InChI=1S/C12H13N5O2/c18-12(9-3-1-6-19-9)16-10-7-11(14-8-13-10)17-5-2-4-15-17/h2,4-5,7-9H,1,3,6H2,(H,13,14,16,18). The minimum Gasteiger partial charge on any atom is -0.368 e. The Balaban J connectivity index is 1.74. The number of hydrogen-bond acceptors (Lipinski definition) is 5. The monoisotopic (exact) mass is 259 g/mol. The first kappa shape index (κ1) is 11.8. The molecule has 0 radical (unpaired) electrons. The molecule has 1 atom stereocenters.